The van der Waals surface area contributed by atoms with Crippen LogP contribution < -0.4 is 10.6 Å². The monoisotopic (exact) mass is 344 g/mol. The molecule has 24 heavy (non-hydrogen) atoms. The fraction of sp³-hybridized carbons (Fsp3) is 0.562. The van der Waals surface area contributed by atoms with E-state index in [2.05, 4.69) is 10.6 Å². The first-order valence-corrected chi connectivity index (χ1v) is 7.84. The highest BCUT2D eigenvalue weighted by Gasteiger charge is 2.32. The summed E-state index contributed by atoms with van der Waals surface area (Å²) in [5, 5.41) is 5.56. The molecule has 1 aliphatic rings. The molecule has 0 aromatic heterocycles. The van der Waals surface area contributed by atoms with Gasteiger partial charge in [0.2, 0.25) is 0 Å². The molecular weight excluding hydrogens is 321 g/mol. The van der Waals surface area contributed by atoms with Crippen LogP contribution in [0.3, 0.4) is 0 Å². The van der Waals surface area contributed by atoms with Crippen LogP contribution in [0.2, 0.25) is 0 Å². The summed E-state index contributed by atoms with van der Waals surface area (Å²) in [4.78, 5) is 15.3. The van der Waals surface area contributed by atoms with Gasteiger partial charge in [-0.15, -0.1) is 0 Å². The third-order valence-electron chi connectivity index (χ3n) is 3.84. The summed E-state index contributed by atoms with van der Waals surface area (Å²) in [6, 6.07) is 5.05. The minimum absolute atomic E-state index is 0.243. The lowest BCUT2D eigenvalue weighted by atomic mass is 9.97. The van der Waals surface area contributed by atoms with Gasteiger partial charge in [0.05, 0.1) is 6.54 Å². The normalized spacial score (nSPS) is 15.2. The molecule has 0 fully saturated rings. The average Bonchev–Trinajstić information content (AvgIpc) is 2.45. The Kier molecular flexibility index (Phi) is 6.06. The maximum absolute atomic E-state index is 12.5. The number of likely N-dealkylation sites (N-methyl/N-ethyl adjacent to an activating group) is 1. The summed E-state index contributed by atoms with van der Waals surface area (Å²) >= 11 is 0. The van der Waals surface area contributed by atoms with Crippen LogP contribution >= 0.6 is 0 Å². The maximum atomic E-state index is 12.5. The molecule has 2 N–H and O–H groups in total. The van der Waals surface area contributed by atoms with E-state index in [4.69, 9.17) is 0 Å². The Morgan fingerprint density at radius 2 is 2.08 bits per heavy atom. The molecule has 0 bridgehead atoms. The molecule has 0 saturated carbocycles. The lowest BCUT2D eigenvalue weighted by Gasteiger charge is -2.30. The van der Waals surface area contributed by atoms with Gasteiger partial charge in [0, 0.05) is 31.9 Å². The zero-order valence-electron chi connectivity index (χ0n) is 13.9. The van der Waals surface area contributed by atoms with E-state index in [9.17, 15) is 18.0 Å². The highest BCUT2D eigenvalue weighted by Crippen LogP contribution is 2.28. The van der Waals surface area contributed by atoms with E-state index in [-0.39, 0.29) is 12.6 Å². The van der Waals surface area contributed by atoms with Crippen molar-refractivity contribution in [1.29, 1.82) is 0 Å². The van der Waals surface area contributed by atoms with Crippen LogP contribution in [0.5, 0.6) is 0 Å². The van der Waals surface area contributed by atoms with Gasteiger partial charge >= 0.3 is 12.2 Å². The van der Waals surface area contributed by atoms with Gasteiger partial charge in [0.25, 0.3) is 0 Å². The number of halogens is 3. The van der Waals surface area contributed by atoms with Gasteiger partial charge < -0.3 is 15.5 Å². The summed E-state index contributed by atoms with van der Waals surface area (Å²) < 4.78 is 37.6. The van der Waals surface area contributed by atoms with E-state index < -0.39 is 12.7 Å². The lowest BCUT2D eigenvalue weighted by molar-refractivity contribution is -0.147. The minimum Gasteiger partial charge on any atom is -0.337 e. The fourth-order valence-corrected chi connectivity index (χ4v) is 2.73. The number of hydrogen-bond acceptors (Lipinski definition) is 3. The predicted octanol–water partition coefficient (Wildman–Crippen LogP) is 2.29. The van der Waals surface area contributed by atoms with Crippen molar-refractivity contribution in [2.45, 2.75) is 19.1 Å². The number of urea groups is 1. The number of carbonyl (C=O) groups excluding carboxylic acids is 1. The van der Waals surface area contributed by atoms with Crippen molar-refractivity contribution in [1.82, 2.24) is 15.1 Å². The Morgan fingerprint density at radius 3 is 2.75 bits per heavy atom. The molecule has 0 saturated heterocycles. The number of nitrogens with zero attached hydrogens (tertiary/aromatic N) is 2. The number of amides is 2. The molecule has 1 heterocycles. The SMILES string of the molecule is CN(C)CCNC(=O)Nc1cccc2c1CCN(CC(F)(F)F)C2. The Balaban J connectivity index is 1.97. The quantitative estimate of drug-likeness (QED) is 0.862. The first-order chi connectivity index (χ1) is 11.2. The van der Waals surface area contributed by atoms with Crippen molar-refractivity contribution in [2.75, 3.05) is 45.6 Å². The van der Waals surface area contributed by atoms with Crippen LogP contribution in [0.4, 0.5) is 23.7 Å². The molecule has 5 nitrogen and oxygen atoms in total. The molecule has 0 radical (unpaired) electrons. The van der Waals surface area contributed by atoms with Crippen molar-refractivity contribution in [2.24, 2.45) is 0 Å². The van der Waals surface area contributed by atoms with Gasteiger partial charge in [-0.3, -0.25) is 4.90 Å². The van der Waals surface area contributed by atoms with E-state index in [1.54, 1.807) is 12.1 Å². The van der Waals surface area contributed by atoms with Crippen LogP contribution in [0.15, 0.2) is 18.2 Å². The zero-order chi connectivity index (χ0) is 17.7. The summed E-state index contributed by atoms with van der Waals surface area (Å²) in [5.41, 5.74) is 2.41. The van der Waals surface area contributed by atoms with E-state index in [0.717, 1.165) is 17.7 Å². The fourth-order valence-electron chi connectivity index (χ4n) is 2.73. The molecule has 8 heteroatoms. The molecule has 0 spiro atoms. The van der Waals surface area contributed by atoms with Crippen molar-refractivity contribution in [3.05, 3.63) is 29.3 Å². The van der Waals surface area contributed by atoms with Crippen LogP contribution in [0.1, 0.15) is 11.1 Å². The molecule has 0 unspecified atom stereocenters. The number of fused-ring (bicyclic) bond motifs is 1. The number of rotatable bonds is 5. The molecule has 2 amide bonds. The maximum Gasteiger partial charge on any atom is 0.401 e. The smallest absolute Gasteiger partial charge is 0.337 e. The third kappa shape index (κ3) is 5.68. The molecule has 134 valence electrons. The first kappa shape index (κ1) is 18.5. The topological polar surface area (TPSA) is 47.6 Å². The molecule has 0 aliphatic carbocycles. The second-order valence-corrected chi connectivity index (χ2v) is 6.20. The predicted molar refractivity (Wildman–Crippen MR) is 87.1 cm³/mol. The molecule has 0 atom stereocenters. The highest BCUT2D eigenvalue weighted by molar-refractivity contribution is 5.90. The molecular formula is C16H23F3N4O. The highest BCUT2D eigenvalue weighted by atomic mass is 19.4. The van der Waals surface area contributed by atoms with E-state index in [1.807, 2.05) is 25.1 Å². The van der Waals surface area contributed by atoms with Gasteiger partial charge in [-0.2, -0.15) is 13.2 Å². The van der Waals surface area contributed by atoms with Crippen molar-refractivity contribution < 1.29 is 18.0 Å². The zero-order valence-corrected chi connectivity index (χ0v) is 13.9. The largest absolute Gasteiger partial charge is 0.401 e. The molecule has 1 aromatic carbocycles. The number of benzene rings is 1. The van der Waals surface area contributed by atoms with E-state index in [0.29, 0.717) is 25.2 Å². The second-order valence-electron chi connectivity index (χ2n) is 6.20. The van der Waals surface area contributed by atoms with Crippen LogP contribution in [-0.4, -0.2) is 62.3 Å². The summed E-state index contributed by atoms with van der Waals surface area (Å²) in [6.07, 6.45) is -3.71. The Labute approximate surface area is 139 Å². The van der Waals surface area contributed by atoms with Gasteiger partial charge in [-0.1, -0.05) is 12.1 Å². The van der Waals surface area contributed by atoms with E-state index >= 15 is 0 Å². The van der Waals surface area contributed by atoms with Gasteiger partial charge in [-0.05, 0) is 37.7 Å². The summed E-state index contributed by atoms with van der Waals surface area (Å²) in [5.74, 6) is 0. The molecule has 1 aliphatic heterocycles. The van der Waals surface area contributed by atoms with Crippen LogP contribution in [-0.2, 0) is 13.0 Å². The van der Waals surface area contributed by atoms with Crippen LogP contribution in [0, 0.1) is 0 Å². The van der Waals surface area contributed by atoms with Crippen molar-refractivity contribution in [3.8, 4) is 0 Å². The number of alkyl halides is 3. The number of carbonyl (C=O) groups is 1. The summed E-state index contributed by atoms with van der Waals surface area (Å²) in [6.45, 7) is 0.912. The minimum atomic E-state index is -4.19. The summed E-state index contributed by atoms with van der Waals surface area (Å²) in [7, 11) is 3.83. The number of anilines is 1. The van der Waals surface area contributed by atoms with Crippen molar-refractivity contribution in [3.63, 3.8) is 0 Å². The van der Waals surface area contributed by atoms with E-state index in [1.165, 1.54) is 4.90 Å². The van der Waals surface area contributed by atoms with Crippen LogP contribution in [0.25, 0.3) is 0 Å². The number of nitrogens with one attached hydrogen (secondary N) is 2. The number of hydrogen-bond donors (Lipinski definition) is 2. The third-order valence-corrected chi connectivity index (χ3v) is 3.84. The van der Waals surface area contributed by atoms with Gasteiger partial charge in [-0.25, -0.2) is 4.79 Å². The Hall–Kier alpha value is -1.80. The Morgan fingerprint density at radius 1 is 1.33 bits per heavy atom. The molecule has 1 aromatic rings. The van der Waals surface area contributed by atoms with Gasteiger partial charge in [0.15, 0.2) is 0 Å². The van der Waals surface area contributed by atoms with Crippen molar-refractivity contribution >= 4 is 11.7 Å². The van der Waals surface area contributed by atoms with Gasteiger partial charge in [0.1, 0.15) is 0 Å². The average molecular weight is 344 g/mol. The Bertz CT molecular complexity index is 575. The molecule has 2 rings (SSSR count). The second kappa shape index (κ2) is 7.85. The lowest BCUT2D eigenvalue weighted by Crippen LogP contribution is -2.38. The first-order valence-electron chi connectivity index (χ1n) is 7.84. The standard InChI is InChI=1S/C16H23F3N4O/c1-22(2)9-7-20-15(24)21-14-5-3-4-12-10-23(8-6-13(12)14)11-16(17,18)19/h3-5H,6-11H2,1-2H3,(H2,20,21,24).